The smallest absolute Gasteiger partial charge is 0.326 e. The number of rotatable bonds is 5. The number of nitrogens with zero attached hydrogens (tertiary/aromatic N) is 2. The quantitative estimate of drug-likeness (QED) is 0.471. The lowest BCUT2D eigenvalue weighted by atomic mass is 9.81. The highest BCUT2D eigenvalue weighted by atomic mass is 35.5. The highest BCUT2D eigenvalue weighted by molar-refractivity contribution is 6.32. The molecule has 2 atom stereocenters. The second kappa shape index (κ2) is 7.82. The maximum Gasteiger partial charge on any atom is 0.326 e. The molecule has 2 fully saturated rings. The average molecular weight is 380 g/mol. The zero-order chi connectivity index (χ0) is 18.7. The first-order valence-electron chi connectivity index (χ1n) is 8.38. The Labute approximate surface area is 154 Å². The van der Waals surface area contributed by atoms with Gasteiger partial charge in [-0.2, -0.15) is 0 Å². The molecule has 26 heavy (non-hydrogen) atoms. The van der Waals surface area contributed by atoms with Gasteiger partial charge in [0.25, 0.3) is 5.91 Å². The molecule has 1 aromatic rings. The predicted molar refractivity (Wildman–Crippen MR) is 91.0 cm³/mol. The Morgan fingerprint density at radius 1 is 1.23 bits per heavy atom. The molecule has 2 heterocycles. The van der Waals surface area contributed by atoms with E-state index in [1.54, 1.807) is 12.1 Å². The van der Waals surface area contributed by atoms with Crippen molar-refractivity contribution in [2.45, 2.75) is 25.7 Å². The SMILES string of the molecule is O=C(COC(=O)CN1C(=O)[C@H]2CCCC[C@@H]2C1=O)Nc1cccnc1Cl. The number of fused-ring (bicyclic) bond motifs is 1. The van der Waals surface area contributed by atoms with Gasteiger partial charge >= 0.3 is 5.97 Å². The number of esters is 1. The van der Waals surface area contributed by atoms with Crippen LogP contribution >= 0.6 is 11.6 Å². The summed E-state index contributed by atoms with van der Waals surface area (Å²) in [6, 6.07) is 3.15. The monoisotopic (exact) mass is 379 g/mol. The molecule has 138 valence electrons. The Hall–Kier alpha value is -2.48. The molecule has 1 aliphatic heterocycles. The van der Waals surface area contributed by atoms with Gasteiger partial charge in [-0.05, 0) is 25.0 Å². The molecule has 1 aliphatic carbocycles. The van der Waals surface area contributed by atoms with E-state index in [0.29, 0.717) is 18.5 Å². The molecule has 1 aromatic heterocycles. The Kier molecular flexibility index (Phi) is 5.51. The standard InChI is InChI=1S/C17H18ClN3O5/c18-15-12(6-3-7-19-15)20-13(22)9-26-14(23)8-21-16(24)10-4-1-2-5-11(10)17(21)25/h3,6-7,10-11H,1-2,4-5,8-9H2,(H,20,22)/t10-,11-/m0/s1. The van der Waals surface area contributed by atoms with E-state index < -0.39 is 25.0 Å². The summed E-state index contributed by atoms with van der Waals surface area (Å²) >= 11 is 5.82. The third kappa shape index (κ3) is 3.85. The molecular formula is C17H18ClN3O5. The van der Waals surface area contributed by atoms with Crippen molar-refractivity contribution in [3.8, 4) is 0 Å². The Balaban J connectivity index is 1.50. The van der Waals surface area contributed by atoms with Crippen molar-refractivity contribution in [2.24, 2.45) is 11.8 Å². The van der Waals surface area contributed by atoms with Crippen molar-refractivity contribution in [1.29, 1.82) is 0 Å². The summed E-state index contributed by atoms with van der Waals surface area (Å²) in [7, 11) is 0. The average Bonchev–Trinajstić information content (AvgIpc) is 2.87. The van der Waals surface area contributed by atoms with Gasteiger partial charge in [-0.15, -0.1) is 0 Å². The Morgan fingerprint density at radius 3 is 2.50 bits per heavy atom. The fraction of sp³-hybridized carbons (Fsp3) is 0.471. The van der Waals surface area contributed by atoms with Gasteiger partial charge in [-0.25, -0.2) is 4.98 Å². The second-order valence-electron chi connectivity index (χ2n) is 6.31. The number of ether oxygens (including phenoxy) is 1. The minimum absolute atomic E-state index is 0.114. The van der Waals surface area contributed by atoms with Crippen molar-refractivity contribution in [3.63, 3.8) is 0 Å². The number of anilines is 1. The number of halogens is 1. The summed E-state index contributed by atoms with van der Waals surface area (Å²) in [5.74, 6) is -2.68. The van der Waals surface area contributed by atoms with Crippen molar-refractivity contribution >= 4 is 41.0 Å². The number of imide groups is 1. The first-order chi connectivity index (χ1) is 12.5. The Bertz CT molecular complexity index is 730. The summed E-state index contributed by atoms with van der Waals surface area (Å²) in [6.07, 6.45) is 4.65. The Morgan fingerprint density at radius 2 is 1.88 bits per heavy atom. The van der Waals surface area contributed by atoms with Gasteiger partial charge in [-0.1, -0.05) is 24.4 Å². The van der Waals surface area contributed by atoms with Crippen molar-refractivity contribution < 1.29 is 23.9 Å². The molecule has 1 saturated carbocycles. The van der Waals surface area contributed by atoms with E-state index in [1.165, 1.54) is 6.20 Å². The van der Waals surface area contributed by atoms with Crippen molar-refractivity contribution in [3.05, 3.63) is 23.5 Å². The molecular weight excluding hydrogens is 362 g/mol. The maximum atomic E-state index is 12.3. The lowest BCUT2D eigenvalue weighted by Gasteiger charge is -2.19. The lowest BCUT2D eigenvalue weighted by molar-refractivity contribution is -0.154. The van der Waals surface area contributed by atoms with Crippen LogP contribution in [0.1, 0.15) is 25.7 Å². The minimum atomic E-state index is -0.808. The van der Waals surface area contributed by atoms with Crippen LogP contribution in [0.4, 0.5) is 5.69 Å². The largest absolute Gasteiger partial charge is 0.454 e. The summed E-state index contributed by atoms with van der Waals surface area (Å²) in [5, 5.41) is 2.57. The van der Waals surface area contributed by atoms with E-state index >= 15 is 0 Å². The summed E-state index contributed by atoms with van der Waals surface area (Å²) < 4.78 is 4.87. The van der Waals surface area contributed by atoms with Crippen LogP contribution < -0.4 is 5.32 Å². The molecule has 1 saturated heterocycles. The normalized spacial score (nSPS) is 22.1. The van der Waals surface area contributed by atoms with E-state index in [9.17, 15) is 19.2 Å². The van der Waals surface area contributed by atoms with Gasteiger partial charge in [0.05, 0.1) is 17.5 Å². The molecule has 0 radical (unpaired) electrons. The van der Waals surface area contributed by atoms with E-state index in [0.717, 1.165) is 17.7 Å². The molecule has 0 spiro atoms. The number of carbonyl (C=O) groups excluding carboxylic acids is 4. The summed E-state index contributed by atoms with van der Waals surface area (Å²) in [4.78, 5) is 53.1. The molecule has 0 unspecified atom stereocenters. The minimum Gasteiger partial charge on any atom is -0.454 e. The lowest BCUT2D eigenvalue weighted by Crippen LogP contribution is -2.37. The first kappa shape index (κ1) is 18.3. The number of likely N-dealkylation sites (tertiary alicyclic amines) is 1. The van der Waals surface area contributed by atoms with Gasteiger partial charge in [0.2, 0.25) is 11.8 Å². The predicted octanol–water partition coefficient (Wildman–Crippen LogP) is 1.39. The van der Waals surface area contributed by atoms with Crippen molar-refractivity contribution in [1.82, 2.24) is 9.88 Å². The van der Waals surface area contributed by atoms with Crippen LogP contribution in [-0.2, 0) is 23.9 Å². The molecule has 8 nitrogen and oxygen atoms in total. The van der Waals surface area contributed by atoms with Gasteiger partial charge in [0, 0.05) is 6.20 Å². The number of carbonyl (C=O) groups is 4. The van der Waals surface area contributed by atoms with E-state index in [1.807, 2.05) is 0 Å². The van der Waals surface area contributed by atoms with Gasteiger partial charge in [-0.3, -0.25) is 24.1 Å². The first-order valence-corrected chi connectivity index (χ1v) is 8.76. The highest BCUT2D eigenvalue weighted by Crippen LogP contribution is 2.37. The number of amides is 3. The zero-order valence-corrected chi connectivity index (χ0v) is 14.7. The molecule has 0 aromatic carbocycles. The summed E-state index contributed by atoms with van der Waals surface area (Å²) in [6.45, 7) is -1.02. The van der Waals surface area contributed by atoms with E-state index in [2.05, 4.69) is 10.3 Å². The highest BCUT2D eigenvalue weighted by Gasteiger charge is 2.48. The van der Waals surface area contributed by atoms with E-state index in [-0.39, 0.29) is 28.8 Å². The molecule has 9 heteroatoms. The van der Waals surface area contributed by atoms with Crippen LogP contribution in [0.25, 0.3) is 0 Å². The third-order valence-electron chi connectivity index (χ3n) is 4.62. The molecule has 1 N–H and O–H groups in total. The van der Waals surface area contributed by atoms with Gasteiger partial charge < -0.3 is 10.1 Å². The zero-order valence-electron chi connectivity index (χ0n) is 13.9. The van der Waals surface area contributed by atoms with E-state index in [4.69, 9.17) is 16.3 Å². The van der Waals surface area contributed by atoms with Gasteiger partial charge in [0.15, 0.2) is 11.8 Å². The van der Waals surface area contributed by atoms with Crippen LogP contribution in [0.5, 0.6) is 0 Å². The summed E-state index contributed by atoms with van der Waals surface area (Å²) in [5.41, 5.74) is 0.296. The van der Waals surface area contributed by atoms with Crippen LogP contribution in [0.2, 0.25) is 5.15 Å². The van der Waals surface area contributed by atoms with Crippen LogP contribution in [-0.4, -0.2) is 46.7 Å². The number of hydrogen-bond acceptors (Lipinski definition) is 6. The number of hydrogen-bond donors (Lipinski definition) is 1. The number of pyridine rings is 1. The molecule has 0 bridgehead atoms. The fourth-order valence-electron chi connectivity index (χ4n) is 3.37. The van der Waals surface area contributed by atoms with Crippen LogP contribution in [0.3, 0.4) is 0 Å². The third-order valence-corrected chi connectivity index (χ3v) is 4.92. The van der Waals surface area contributed by atoms with Crippen LogP contribution in [0, 0.1) is 11.8 Å². The molecule has 3 amide bonds. The maximum absolute atomic E-state index is 12.3. The van der Waals surface area contributed by atoms with Crippen molar-refractivity contribution in [2.75, 3.05) is 18.5 Å². The topological polar surface area (TPSA) is 106 Å². The van der Waals surface area contributed by atoms with Gasteiger partial charge in [0.1, 0.15) is 6.54 Å². The molecule has 3 rings (SSSR count). The second-order valence-corrected chi connectivity index (χ2v) is 6.67. The number of aromatic nitrogens is 1. The number of nitrogens with one attached hydrogen (secondary N) is 1. The van der Waals surface area contributed by atoms with Crippen LogP contribution in [0.15, 0.2) is 18.3 Å². The molecule has 2 aliphatic rings. The fourth-order valence-corrected chi connectivity index (χ4v) is 3.54.